The van der Waals surface area contributed by atoms with Crippen molar-refractivity contribution < 1.29 is 54.6 Å². The third-order valence-corrected chi connectivity index (χ3v) is 9.01. The Morgan fingerprint density at radius 2 is 1.65 bits per heavy atom. The van der Waals surface area contributed by atoms with Gasteiger partial charge in [0, 0.05) is 43.0 Å². The number of likely N-dealkylation sites (tertiary alicyclic amines) is 1. The average molecular weight is 736 g/mol. The maximum absolute atomic E-state index is 15.9. The highest BCUT2D eigenvalue weighted by Crippen LogP contribution is 2.43. The van der Waals surface area contributed by atoms with Gasteiger partial charge < -0.3 is 15.2 Å². The molecule has 1 fully saturated rings. The first-order valence-electron chi connectivity index (χ1n) is 15.9. The van der Waals surface area contributed by atoms with Crippen molar-refractivity contribution in [2.75, 3.05) is 19.6 Å². The van der Waals surface area contributed by atoms with E-state index < -0.39 is 82.5 Å². The van der Waals surface area contributed by atoms with Gasteiger partial charge in [0.2, 0.25) is 5.91 Å². The molecule has 1 aromatic heterocycles. The molecule has 4 bridgehead atoms. The minimum absolute atomic E-state index is 0.000243. The van der Waals surface area contributed by atoms with E-state index in [-0.39, 0.29) is 54.2 Å². The van der Waals surface area contributed by atoms with Crippen molar-refractivity contribution in [2.45, 2.75) is 50.4 Å². The Bertz CT molecular complexity index is 2110. The van der Waals surface area contributed by atoms with E-state index in [2.05, 4.69) is 5.32 Å². The summed E-state index contributed by atoms with van der Waals surface area (Å²) in [5, 5.41) is 12.0. The van der Waals surface area contributed by atoms with Crippen LogP contribution in [0.3, 0.4) is 0 Å². The Balaban J connectivity index is 1.58. The molecule has 1 amide bonds. The van der Waals surface area contributed by atoms with Crippen LogP contribution in [0, 0.1) is 12.7 Å². The van der Waals surface area contributed by atoms with E-state index in [0.717, 1.165) is 12.3 Å². The first kappa shape index (κ1) is 36.5. The van der Waals surface area contributed by atoms with Gasteiger partial charge in [-0.15, -0.1) is 0 Å². The molecule has 0 radical (unpaired) electrons. The fraction of sp³-hybridized carbons (Fsp3) is 0.306. The molecule has 2 unspecified atom stereocenters. The monoisotopic (exact) mass is 735 g/mol. The second-order valence-electron chi connectivity index (χ2n) is 12.7. The number of ether oxygens (including phenoxy) is 1. The average Bonchev–Trinajstić information content (AvgIpc) is 3.02. The van der Waals surface area contributed by atoms with Gasteiger partial charge >= 0.3 is 18.3 Å². The van der Waals surface area contributed by atoms with Gasteiger partial charge in [-0.25, -0.2) is 8.78 Å². The number of aliphatic carboxylic acids is 1. The van der Waals surface area contributed by atoms with Crippen LogP contribution in [0.5, 0.6) is 11.5 Å². The summed E-state index contributed by atoms with van der Waals surface area (Å²) in [5.74, 6) is -4.72. The smallest absolute Gasteiger partial charge is 0.419 e. The fourth-order valence-corrected chi connectivity index (χ4v) is 6.55. The summed E-state index contributed by atoms with van der Waals surface area (Å²) < 4.78 is 122. The fourth-order valence-electron chi connectivity index (χ4n) is 6.55. The van der Waals surface area contributed by atoms with Crippen LogP contribution < -0.4 is 15.6 Å². The number of aromatic nitrogens is 1. The Morgan fingerprint density at radius 1 is 0.962 bits per heavy atom. The molecular formula is C36H29F8N3O5. The van der Waals surface area contributed by atoms with Crippen LogP contribution in [0.25, 0.3) is 11.1 Å². The molecule has 1 saturated heterocycles. The molecule has 6 rings (SSSR count). The highest BCUT2D eigenvalue weighted by Gasteiger charge is 2.40. The van der Waals surface area contributed by atoms with Crippen molar-refractivity contribution in [2.24, 2.45) is 0 Å². The third kappa shape index (κ3) is 7.38. The zero-order valence-corrected chi connectivity index (χ0v) is 27.1. The lowest BCUT2D eigenvalue weighted by molar-refractivity contribution is -0.140. The molecule has 2 N–H and O–H groups in total. The van der Waals surface area contributed by atoms with E-state index >= 15 is 4.39 Å². The number of fused-ring (bicyclic) bond motifs is 6. The van der Waals surface area contributed by atoms with E-state index in [1.807, 2.05) is 0 Å². The highest BCUT2D eigenvalue weighted by atomic mass is 19.4. The molecule has 0 saturated carbocycles. The molecule has 8 nitrogen and oxygen atoms in total. The van der Waals surface area contributed by atoms with Crippen LogP contribution in [-0.2, 0) is 28.4 Å². The molecule has 52 heavy (non-hydrogen) atoms. The molecular weight excluding hydrogens is 706 g/mol. The number of carbonyl (C=O) groups excluding carboxylic acids is 1. The van der Waals surface area contributed by atoms with Crippen molar-refractivity contribution in [3.8, 4) is 22.6 Å². The lowest BCUT2D eigenvalue weighted by Gasteiger charge is -2.34. The zero-order chi connectivity index (χ0) is 37.7. The number of hydrogen-bond acceptors (Lipinski definition) is 5. The molecule has 3 aromatic carbocycles. The van der Waals surface area contributed by atoms with Crippen LogP contribution in [-0.4, -0.2) is 52.3 Å². The number of pyridine rings is 1. The van der Waals surface area contributed by atoms with E-state index in [0.29, 0.717) is 22.3 Å². The van der Waals surface area contributed by atoms with Gasteiger partial charge in [-0.3, -0.25) is 23.9 Å². The quantitative estimate of drug-likeness (QED) is 0.203. The van der Waals surface area contributed by atoms with E-state index in [4.69, 9.17) is 4.74 Å². The Hall–Kier alpha value is -5.25. The number of benzene rings is 3. The number of nitrogens with zero attached hydrogens (tertiary/aromatic N) is 2. The molecule has 0 aliphatic carbocycles. The minimum atomic E-state index is -5.27. The molecule has 3 heterocycles. The van der Waals surface area contributed by atoms with Crippen LogP contribution >= 0.6 is 0 Å². The van der Waals surface area contributed by atoms with Gasteiger partial charge in [-0.1, -0.05) is 24.3 Å². The molecule has 2 atom stereocenters. The van der Waals surface area contributed by atoms with E-state index in [9.17, 15) is 50.2 Å². The van der Waals surface area contributed by atoms with Crippen LogP contribution in [0.4, 0.5) is 35.1 Å². The maximum atomic E-state index is 15.9. The molecule has 2 aliphatic heterocycles. The lowest BCUT2D eigenvalue weighted by atomic mass is 9.91. The summed E-state index contributed by atoms with van der Waals surface area (Å²) >= 11 is 0. The normalized spacial score (nSPS) is 18.2. The van der Waals surface area contributed by atoms with E-state index in [1.165, 1.54) is 30.3 Å². The number of amides is 1. The van der Waals surface area contributed by atoms with E-state index in [1.54, 1.807) is 24.0 Å². The van der Waals surface area contributed by atoms with Gasteiger partial charge in [-0.05, 0) is 65.9 Å². The number of hydrogen-bond donors (Lipinski definition) is 2. The van der Waals surface area contributed by atoms with Gasteiger partial charge in [0.05, 0.1) is 23.6 Å². The number of halogens is 8. The highest BCUT2D eigenvalue weighted by molar-refractivity contribution is 5.85. The number of rotatable bonds is 6. The van der Waals surface area contributed by atoms with Crippen molar-refractivity contribution in [3.05, 3.63) is 116 Å². The predicted molar refractivity (Wildman–Crippen MR) is 170 cm³/mol. The van der Waals surface area contributed by atoms with Gasteiger partial charge in [0.25, 0.3) is 5.56 Å². The first-order chi connectivity index (χ1) is 24.4. The third-order valence-electron chi connectivity index (χ3n) is 9.01. The topological polar surface area (TPSA) is 101 Å². The molecule has 0 spiro atoms. The Morgan fingerprint density at radius 3 is 2.31 bits per heavy atom. The van der Waals surface area contributed by atoms with Crippen LogP contribution in [0.2, 0.25) is 0 Å². The van der Waals surface area contributed by atoms with Crippen molar-refractivity contribution in [1.82, 2.24) is 14.8 Å². The van der Waals surface area contributed by atoms with Gasteiger partial charge in [0.1, 0.15) is 29.5 Å². The van der Waals surface area contributed by atoms with Crippen molar-refractivity contribution in [1.29, 1.82) is 0 Å². The lowest BCUT2D eigenvalue weighted by Crippen LogP contribution is -2.49. The number of aryl methyl sites for hydroxylation is 1. The van der Waals surface area contributed by atoms with Crippen molar-refractivity contribution in [3.63, 3.8) is 0 Å². The first-order valence-corrected chi connectivity index (χ1v) is 15.9. The molecule has 2 aliphatic rings. The molecule has 16 heteroatoms. The number of carboxylic acid groups (broad SMARTS) is 1. The molecule has 274 valence electrons. The number of nitrogens with one attached hydrogen (secondary N) is 1. The number of alkyl halides is 7. The maximum Gasteiger partial charge on any atom is 0.419 e. The van der Waals surface area contributed by atoms with Crippen LogP contribution in [0.1, 0.15) is 51.9 Å². The Labute approximate surface area is 290 Å². The number of carboxylic acids is 1. The zero-order valence-electron chi connectivity index (χ0n) is 27.1. The summed E-state index contributed by atoms with van der Waals surface area (Å²) in [7, 11) is 0. The summed E-state index contributed by atoms with van der Waals surface area (Å²) in [4.78, 5) is 41.3. The minimum Gasteiger partial charge on any atom is -0.481 e. The number of carbonyl (C=O) groups is 2. The van der Waals surface area contributed by atoms with Gasteiger partial charge in [0.15, 0.2) is 0 Å². The van der Waals surface area contributed by atoms with Crippen LogP contribution in [0.15, 0.2) is 71.7 Å². The summed E-state index contributed by atoms with van der Waals surface area (Å²) in [5.41, 5.74) is -5.37. The second-order valence-corrected chi connectivity index (χ2v) is 12.7. The Kier molecular flexibility index (Phi) is 9.63. The largest absolute Gasteiger partial charge is 0.481 e. The molecule has 4 aromatic rings. The summed E-state index contributed by atoms with van der Waals surface area (Å²) in [6, 6.07) is 7.99. The predicted octanol–water partition coefficient (Wildman–Crippen LogP) is 7.22. The standard InChI is InChI=1S/C36H29F8N3O5/c1-18-4-2-7-28-31(18)21-11-24(32(38)26(12-21)36(42,43)44)27(14-30(49)50)45-34(51)33(19-5-3-6-23(10-19)52-28)47-15-20(8-9-46-16-22(37)17-46)25(13-29(47)48)35(39,40)41/h2-7,10-13,15,22,27,33H,8-9,14,16-17H2,1H3,(H,45,51)(H,49,50). The van der Waals surface area contributed by atoms with Crippen molar-refractivity contribution >= 4 is 11.9 Å². The SMILES string of the molecule is Cc1cccc2c1-c1cc(c(F)c(C(F)(F)F)c1)C(CC(=O)O)NC(=O)C(n1cc(CCN3CC(F)C3)c(C(F)(F)F)cc1=O)c1cccc(c1)O2. The summed E-state index contributed by atoms with van der Waals surface area (Å²) in [6.07, 6.45) is -12.0. The second kappa shape index (κ2) is 13.7. The van der Waals surface area contributed by atoms with Gasteiger partial charge in [-0.2, -0.15) is 26.3 Å². The summed E-state index contributed by atoms with van der Waals surface area (Å²) in [6.45, 7) is 1.55.